The summed E-state index contributed by atoms with van der Waals surface area (Å²) in [5.41, 5.74) is 5.14. The molecule has 8 heteroatoms. The largest absolute Gasteiger partial charge is 0.390 e. The van der Waals surface area contributed by atoms with E-state index in [1.54, 1.807) is 0 Å². The van der Waals surface area contributed by atoms with Crippen molar-refractivity contribution in [1.82, 2.24) is 0 Å². The van der Waals surface area contributed by atoms with E-state index < -0.39 is 18.6 Å². The molecule has 3 N–H and O–H groups in total. The fraction of sp³-hybridized carbons (Fsp3) is 0.333. The monoisotopic (exact) mass is 325 g/mol. The molecule has 0 fully saturated rings. The van der Waals surface area contributed by atoms with E-state index in [2.05, 4.69) is 0 Å². The summed E-state index contributed by atoms with van der Waals surface area (Å²) in [6.07, 6.45) is 0. The summed E-state index contributed by atoms with van der Waals surface area (Å²) in [6.45, 7) is -1.40. The first kappa shape index (κ1) is 17.2. The molecule has 0 radical (unpaired) electrons. The molecule has 0 amide bonds. The van der Waals surface area contributed by atoms with Crippen LogP contribution >= 0.6 is 47.2 Å². The maximum Gasteiger partial charge on any atom is 0.289 e. The number of rotatable bonds is 3. The predicted octanol–water partition coefficient (Wildman–Crippen LogP) is 3.70. The highest BCUT2D eigenvalue weighted by molar-refractivity contribution is 6.44. The minimum Gasteiger partial charge on any atom is -0.390 e. The van der Waals surface area contributed by atoms with E-state index in [1.165, 1.54) is 12.1 Å². The molecule has 0 aliphatic rings. The second-order valence-electron chi connectivity index (χ2n) is 3.15. The van der Waals surface area contributed by atoms with Crippen LogP contribution in [0.5, 0.6) is 0 Å². The molecule has 0 aliphatic carbocycles. The zero-order valence-corrected chi connectivity index (χ0v) is 11.3. The van der Waals surface area contributed by atoms with Crippen molar-refractivity contribution in [2.75, 3.05) is 6.61 Å². The van der Waals surface area contributed by atoms with Gasteiger partial charge in [0.05, 0.1) is 16.1 Å². The quantitative estimate of drug-likeness (QED) is 0.832. The number of alkyl halides is 2. The zero-order valence-electron chi connectivity index (χ0n) is 8.26. The lowest BCUT2D eigenvalue weighted by atomic mass is 10.0. The number of benzene rings is 1. The van der Waals surface area contributed by atoms with Crippen LogP contribution in [0, 0.1) is 0 Å². The smallest absolute Gasteiger partial charge is 0.289 e. The summed E-state index contributed by atoms with van der Waals surface area (Å²) in [6, 6.07) is 0.883. The van der Waals surface area contributed by atoms with Gasteiger partial charge in [0.15, 0.2) is 0 Å². The Hall–Kier alpha value is 0.160. The van der Waals surface area contributed by atoms with Gasteiger partial charge in [-0.1, -0.05) is 34.8 Å². The Labute approximate surface area is 118 Å². The summed E-state index contributed by atoms with van der Waals surface area (Å²) < 4.78 is 26.4. The van der Waals surface area contributed by atoms with Crippen LogP contribution in [0.15, 0.2) is 12.1 Å². The molecule has 0 spiro atoms. The van der Waals surface area contributed by atoms with Crippen molar-refractivity contribution in [1.29, 1.82) is 0 Å². The fourth-order valence-corrected chi connectivity index (χ4v) is 1.91. The molecule has 0 aromatic heterocycles. The summed E-state index contributed by atoms with van der Waals surface area (Å²) in [5, 5.41) is 8.45. The number of aliphatic hydroxyl groups excluding tert-OH is 1. The van der Waals surface area contributed by atoms with Crippen molar-refractivity contribution in [3.8, 4) is 0 Å². The zero-order chi connectivity index (χ0) is 12.5. The van der Waals surface area contributed by atoms with Gasteiger partial charge in [0, 0.05) is 10.6 Å². The Balaban J connectivity index is 0.00000256. The van der Waals surface area contributed by atoms with Crippen LogP contribution in [-0.4, -0.2) is 17.6 Å². The van der Waals surface area contributed by atoms with Gasteiger partial charge < -0.3 is 10.8 Å². The lowest BCUT2D eigenvalue weighted by molar-refractivity contribution is -0.0711. The van der Waals surface area contributed by atoms with E-state index in [0.717, 1.165) is 0 Å². The topological polar surface area (TPSA) is 46.2 Å². The minimum atomic E-state index is -3.52. The average Bonchev–Trinajstić information content (AvgIpc) is 2.24. The molecule has 98 valence electrons. The Morgan fingerprint density at radius 3 is 2.18 bits per heavy atom. The van der Waals surface area contributed by atoms with Crippen molar-refractivity contribution < 1.29 is 13.9 Å². The average molecular weight is 327 g/mol. The first-order valence-electron chi connectivity index (χ1n) is 4.19. The number of nitrogens with two attached hydrogens (primary N) is 1. The second kappa shape index (κ2) is 6.36. The molecule has 1 atom stereocenters. The minimum absolute atomic E-state index is 0. The van der Waals surface area contributed by atoms with E-state index in [4.69, 9.17) is 45.6 Å². The van der Waals surface area contributed by atoms with E-state index in [0.29, 0.717) is 0 Å². The highest BCUT2D eigenvalue weighted by atomic mass is 35.5. The summed E-state index contributed by atoms with van der Waals surface area (Å²) in [4.78, 5) is 0. The lowest BCUT2D eigenvalue weighted by Crippen LogP contribution is -2.36. The van der Waals surface area contributed by atoms with Crippen molar-refractivity contribution in [3.05, 3.63) is 32.8 Å². The van der Waals surface area contributed by atoms with Crippen LogP contribution in [0.4, 0.5) is 8.78 Å². The summed E-state index contributed by atoms with van der Waals surface area (Å²) in [7, 11) is 0. The molecule has 2 nitrogen and oxygen atoms in total. The third kappa shape index (κ3) is 3.56. The number of aliphatic hydroxyl groups is 1. The van der Waals surface area contributed by atoms with Crippen LogP contribution in [0.2, 0.25) is 15.1 Å². The van der Waals surface area contributed by atoms with E-state index >= 15 is 0 Å². The van der Waals surface area contributed by atoms with Gasteiger partial charge in [0.25, 0.3) is 5.92 Å². The van der Waals surface area contributed by atoms with E-state index in [1.807, 2.05) is 0 Å². The standard InChI is InChI=1S/C9H8Cl3F2NO.ClH/c10-4-1-2-5(11)7(12)6(4)8(15)9(13,14)3-16;/h1-2,8,16H,3,15H2;1H/t8-;/m1./s1. The second-order valence-corrected chi connectivity index (χ2v) is 4.35. The number of hydrogen-bond donors (Lipinski definition) is 2. The van der Waals surface area contributed by atoms with Gasteiger partial charge in [-0.3, -0.25) is 0 Å². The highest BCUT2D eigenvalue weighted by Gasteiger charge is 2.39. The molecule has 0 saturated carbocycles. The maximum atomic E-state index is 13.2. The van der Waals surface area contributed by atoms with Gasteiger partial charge in [0.2, 0.25) is 0 Å². The molecule has 0 unspecified atom stereocenters. The van der Waals surface area contributed by atoms with E-state index in [-0.39, 0.29) is 33.0 Å². The molecule has 0 saturated heterocycles. The van der Waals surface area contributed by atoms with Crippen LogP contribution in [0.1, 0.15) is 11.6 Å². The predicted molar refractivity (Wildman–Crippen MR) is 67.7 cm³/mol. The third-order valence-corrected chi connectivity index (χ3v) is 3.20. The van der Waals surface area contributed by atoms with Gasteiger partial charge in [-0.25, -0.2) is 8.78 Å². The maximum absolute atomic E-state index is 13.2. The van der Waals surface area contributed by atoms with Crippen molar-refractivity contribution in [3.63, 3.8) is 0 Å². The first-order chi connectivity index (χ1) is 7.31. The highest BCUT2D eigenvalue weighted by Crippen LogP contribution is 2.40. The summed E-state index contributed by atoms with van der Waals surface area (Å²) >= 11 is 17.1. The fourth-order valence-electron chi connectivity index (χ4n) is 1.14. The van der Waals surface area contributed by atoms with Crippen molar-refractivity contribution in [2.24, 2.45) is 5.73 Å². The van der Waals surface area contributed by atoms with Gasteiger partial charge in [0.1, 0.15) is 6.61 Å². The molecular weight excluding hydrogens is 318 g/mol. The molecule has 0 heterocycles. The van der Waals surface area contributed by atoms with Gasteiger partial charge in [-0.2, -0.15) is 0 Å². The summed E-state index contributed by atoms with van der Waals surface area (Å²) in [5.74, 6) is -3.52. The van der Waals surface area contributed by atoms with Crippen LogP contribution in [0.3, 0.4) is 0 Å². The van der Waals surface area contributed by atoms with Crippen LogP contribution in [-0.2, 0) is 0 Å². The molecule has 1 aromatic carbocycles. The molecule has 0 bridgehead atoms. The van der Waals surface area contributed by atoms with Gasteiger partial charge >= 0.3 is 0 Å². The SMILES string of the molecule is Cl.N[C@H](c1c(Cl)ccc(Cl)c1Cl)C(F)(F)CO. The van der Waals surface area contributed by atoms with Crippen molar-refractivity contribution >= 4 is 47.2 Å². The molecular formula is C9H9Cl4F2NO. The molecule has 1 aromatic rings. The van der Waals surface area contributed by atoms with Gasteiger partial charge in [-0.05, 0) is 12.1 Å². The number of halogens is 6. The molecule has 0 aliphatic heterocycles. The van der Waals surface area contributed by atoms with E-state index in [9.17, 15) is 8.78 Å². The normalized spacial score (nSPS) is 13.1. The first-order valence-corrected chi connectivity index (χ1v) is 5.32. The third-order valence-electron chi connectivity index (χ3n) is 2.06. The number of hydrogen-bond acceptors (Lipinski definition) is 2. The van der Waals surface area contributed by atoms with Crippen LogP contribution in [0.25, 0.3) is 0 Å². The Kier molecular flexibility index (Phi) is 6.42. The van der Waals surface area contributed by atoms with Crippen molar-refractivity contribution in [2.45, 2.75) is 12.0 Å². The Morgan fingerprint density at radius 2 is 1.71 bits per heavy atom. The molecule has 1 rings (SSSR count). The Bertz CT molecular complexity index is 403. The Morgan fingerprint density at radius 1 is 1.24 bits per heavy atom. The molecule has 17 heavy (non-hydrogen) atoms. The van der Waals surface area contributed by atoms with Gasteiger partial charge in [-0.15, -0.1) is 12.4 Å². The lowest BCUT2D eigenvalue weighted by Gasteiger charge is -2.23. The van der Waals surface area contributed by atoms with Crippen LogP contribution < -0.4 is 5.73 Å².